The first kappa shape index (κ1) is 109. The van der Waals surface area contributed by atoms with Crippen LogP contribution in [0.1, 0.15) is 117 Å². The number of ether oxygens (including phenoxy) is 14. The van der Waals surface area contributed by atoms with Gasteiger partial charge in [-0.25, -0.2) is 29.3 Å². The minimum absolute atomic E-state index is 0.0337. The van der Waals surface area contributed by atoms with Gasteiger partial charge in [0.05, 0.1) is 185 Å². The quantitative estimate of drug-likeness (QED) is 0.0106. The maximum atomic E-state index is 14.7. The fourth-order valence-corrected chi connectivity index (χ4v) is 20.8. The third-order valence-electron chi connectivity index (χ3n) is 24.9. The van der Waals surface area contributed by atoms with Gasteiger partial charge in [-0.15, -0.1) is 0 Å². The summed E-state index contributed by atoms with van der Waals surface area (Å²) in [4.78, 5) is 137. The summed E-state index contributed by atoms with van der Waals surface area (Å²) in [5.74, 6) is -6.78. The number of nitrogens with one attached hydrogen (secondary N) is 3. The second kappa shape index (κ2) is 52.7. The molecule has 4 bridgehead atoms. The summed E-state index contributed by atoms with van der Waals surface area (Å²) in [7, 11) is -2.96. The highest BCUT2D eigenvalue weighted by molar-refractivity contribution is 7.85. The van der Waals surface area contributed by atoms with Crippen molar-refractivity contribution in [2.24, 2.45) is 33.6 Å². The largest absolute Gasteiger partial charge is 0.491 e. The van der Waals surface area contributed by atoms with Crippen LogP contribution in [0.15, 0.2) is 140 Å². The van der Waals surface area contributed by atoms with E-state index in [-0.39, 0.29) is 85.7 Å². The molecule has 3 aromatic heterocycles. The number of benzene rings is 5. The molecule has 764 valence electrons. The second-order valence-corrected chi connectivity index (χ2v) is 39.1. The first-order valence-electron chi connectivity index (χ1n) is 47.4. The highest BCUT2D eigenvalue weighted by Gasteiger charge is 2.66. The number of amides is 9. The molecule has 8 aromatic rings. The van der Waals surface area contributed by atoms with Gasteiger partial charge in [0.25, 0.3) is 33.7 Å². The number of para-hydroxylation sites is 1. The lowest BCUT2D eigenvalue weighted by atomic mass is 9.39. The maximum absolute atomic E-state index is 14.7. The molecule has 39 nitrogen and oxygen atoms in total. The van der Waals surface area contributed by atoms with Crippen LogP contribution >= 0.6 is 11.3 Å². The number of carboxylic acids is 1. The Bertz CT molecular complexity index is 5620. The Kier molecular flexibility index (Phi) is 40.6. The number of urea groups is 1. The summed E-state index contributed by atoms with van der Waals surface area (Å²) in [5.41, 5.74) is 15.0. The molecule has 1 aliphatic heterocycles. The fraction of sp³-hybridized carbons (Fsp3) is 0.520. The Labute approximate surface area is 823 Å². The zero-order valence-corrected chi connectivity index (χ0v) is 82.3. The number of thiazole rings is 1. The van der Waals surface area contributed by atoms with Crippen LogP contribution in [0.3, 0.4) is 0 Å². The molecule has 2 unspecified atom stereocenters. The van der Waals surface area contributed by atoms with Gasteiger partial charge in [-0.2, -0.15) is 13.5 Å². The van der Waals surface area contributed by atoms with Gasteiger partial charge in [0.15, 0.2) is 10.8 Å². The molecule has 13 rings (SSSR count). The number of methoxy groups -OCH3 is 1. The van der Waals surface area contributed by atoms with E-state index >= 15 is 0 Å². The van der Waals surface area contributed by atoms with Crippen molar-refractivity contribution in [3.63, 3.8) is 0 Å². The van der Waals surface area contributed by atoms with Crippen molar-refractivity contribution in [1.82, 2.24) is 40.2 Å². The van der Waals surface area contributed by atoms with Gasteiger partial charge in [-0.3, -0.25) is 48.2 Å². The highest BCUT2D eigenvalue weighted by Crippen LogP contribution is 2.72. The van der Waals surface area contributed by atoms with Gasteiger partial charge in [0.2, 0.25) is 11.8 Å². The zero-order valence-electron chi connectivity index (χ0n) is 80.7. The third-order valence-corrected chi connectivity index (χ3v) is 26.5. The van der Waals surface area contributed by atoms with Gasteiger partial charge in [0.1, 0.15) is 37.1 Å². The normalized spacial score (nSPS) is 18.3. The fourth-order valence-electron chi connectivity index (χ4n) is 19.5. The van der Waals surface area contributed by atoms with E-state index in [9.17, 15) is 61.2 Å². The van der Waals surface area contributed by atoms with E-state index in [1.807, 2.05) is 60.1 Å². The van der Waals surface area contributed by atoms with Crippen molar-refractivity contribution in [1.29, 1.82) is 0 Å². The van der Waals surface area contributed by atoms with E-state index in [1.165, 1.54) is 35.6 Å². The number of imide groups is 2. The Balaban J connectivity index is 0.574. The Morgan fingerprint density at radius 1 is 0.617 bits per heavy atom. The summed E-state index contributed by atoms with van der Waals surface area (Å²) < 4.78 is 116. The van der Waals surface area contributed by atoms with Crippen molar-refractivity contribution in [2.75, 3.05) is 195 Å². The van der Waals surface area contributed by atoms with E-state index in [0.29, 0.717) is 218 Å². The summed E-state index contributed by atoms with van der Waals surface area (Å²) in [5, 5.41) is 26.0. The van der Waals surface area contributed by atoms with Gasteiger partial charge < -0.3 is 98.4 Å². The van der Waals surface area contributed by atoms with Crippen LogP contribution in [-0.2, 0) is 115 Å². The monoisotopic (exact) mass is 1990 g/mol. The molecule has 4 saturated carbocycles. The number of anilines is 2. The SMILES string of the molecule is COCCOCCOCCOCCOCCOCCOCCOCCOCCOCCOCCOc1ccc(C[C@@H](C(=O)N[C@H](C(=O)N[C@@H](CCCN)C(=O)N(C(N)=O)c2ccc(COC(=O)N(CCOC34CC5(C)CC(C)(CC(Cn6ncc(-c7ccc(-c8ccc9cccc(C(=O)Nc%10nc%11ccccc%11s%10)c9c8)nc7C(=O)O)c6C)(C5)C3)C4)CCS(=O)(=O)O)cc2)C(C)C)N2C(=O)C=CC2=O)cc1. The minimum atomic E-state index is -4.59. The van der Waals surface area contributed by atoms with Crippen molar-refractivity contribution < 1.29 is 128 Å². The zero-order chi connectivity index (χ0) is 101. The summed E-state index contributed by atoms with van der Waals surface area (Å²) in [6, 6.07) is 28.9. The minimum Gasteiger partial charge on any atom is -0.491 e. The molecule has 4 fully saturated rings. The average Bonchev–Trinajstić information content (AvgIpc) is 0.808. The van der Waals surface area contributed by atoms with Gasteiger partial charge >= 0.3 is 18.1 Å². The molecule has 9 amide bonds. The Morgan fingerprint density at radius 2 is 1.19 bits per heavy atom. The molecular formula is C100H130N12O27S2. The first-order chi connectivity index (χ1) is 67.9. The number of primary amides is 1. The third kappa shape index (κ3) is 31.6. The predicted octanol–water partition coefficient (Wildman–Crippen LogP) is 9.80. The number of carbonyl (C=O) groups is 9. The molecule has 141 heavy (non-hydrogen) atoms. The standard InChI is InChI=1S/C100H130N12O27S2/c1-68(2)87(107-90(116)83(112-85(113)28-29-86(112)114)57-70-18-24-75(25-19-70)137-55-54-136-53-52-135-51-50-134-49-48-133-47-46-132-45-44-131-43-42-130-41-40-129-39-38-128-37-36-127-35-34-126-6)91(117)105-82(14-10-30-101)92(118)111(94(102)121)74-22-16-71(17-23-74)60-138-96(122)109(32-56-141(123,124)125)31-33-139-100-64-97(4)61-98(5,65-100)63-99(62-97,66-100)67-110-69(3)79(59-103-110)76-26-27-80(104-88(76)93(119)120)73-21-20-72-11-9-12-77(78(72)58-73)89(115)108-95-106-81-13-7-8-15-84(81)140-95/h7-9,11-13,15-29,58-59,68,82-83,87H,10,14,30-57,60-67,101H2,1-6H3,(H2,102,121)(H,105,117)(H,107,116)(H,119,120)(H,106,108,115)(H,123,124,125)/t82-,83-,87-,97?,98?,99?,100?/m0/s1. The summed E-state index contributed by atoms with van der Waals surface area (Å²) >= 11 is 1.37. The van der Waals surface area contributed by atoms with Crippen molar-refractivity contribution in [2.45, 2.75) is 129 Å². The number of nitrogens with zero attached hydrogens (tertiary/aromatic N) is 7. The van der Waals surface area contributed by atoms with Crippen LogP contribution < -0.4 is 37.1 Å². The number of carboxylic acid groups (broad SMARTS) is 1. The number of hydrogen-bond acceptors (Lipinski definition) is 30. The van der Waals surface area contributed by atoms with E-state index in [0.717, 1.165) is 62.5 Å². The van der Waals surface area contributed by atoms with Gasteiger partial charge in [-0.05, 0) is 170 Å². The van der Waals surface area contributed by atoms with E-state index < -0.39 is 106 Å². The molecule has 4 aliphatic carbocycles. The Morgan fingerprint density at radius 3 is 1.74 bits per heavy atom. The molecular weight excluding hydrogens is 1870 g/mol. The van der Waals surface area contributed by atoms with E-state index in [2.05, 4.69) is 34.8 Å². The number of fused-ring (bicyclic) bond motifs is 2. The lowest BCUT2D eigenvalue weighted by Gasteiger charge is -2.69. The molecule has 9 N–H and O–H groups in total. The van der Waals surface area contributed by atoms with Crippen molar-refractivity contribution in [3.05, 3.63) is 168 Å². The van der Waals surface area contributed by atoms with Gasteiger partial charge in [-0.1, -0.05) is 99.7 Å². The molecule has 4 heterocycles. The second-order valence-electron chi connectivity index (χ2n) is 36.5. The van der Waals surface area contributed by atoms with Crippen LogP contribution in [0.2, 0.25) is 0 Å². The number of aromatic carboxylic acids is 1. The lowest BCUT2D eigenvalue weighted by Crippen LogP contribution is -2.64. The number of carbonyl (C=O) groups excluding carboxylic acids is 8. The molecule has 0 saturated heterocycles. The molecule has 5 aromatic carbocycles. The number of pyridine rings is 1. The molecule has 0 spiro atoms. The Hall–Kier alpha value is -11.2. The highest BCUT2D eigenvalue weighted by atomic mass is 32.2. The van der Waals surface area contributed by atoms with E-state index in [1.54, 1.807) is 75.7 Å². The topological polar surface area (TPSA) is 499 Å². The smallest absolute Gasteiger partial charge is 0.410 e. The molecule has 5 atom stereocenters. The van der Waals surface area contributed by atoms with E-state index in [4.69, 9.17) is 87.9 Å². The number of nitrogens with two attached hydrogens (primary N) is 2. The van der Waals surface area contributed by atoms with Crippen LogP contribution in [0.4, 0.5) is 20.4 Å². The maximum Gasteiger partial charge on any atom is 0.410 e. The van der Waals surface area contributed by atoms with Crippen LogP contribution in [0.25, 0.3) is 43.4 Å². The number of aromatic nitrogens is 4. The van der Waals surface area contributed by atoms with Gasteiger partial charge in [0, 0.05) is 73.3 Å². The first-order valence-corrected chi connectivity index (χ1v) is 49.8. The summed E-state index contributed by atoms with van der Waals surface area (Å²) in [6.45, 7) is 18.5. The van der Waals surface area contributed by atoms with Crippen molar-refractivity contribution >= 4 is 107 Å². The molecule has 0 radical (unpaired) electrons. The molecule has 41 heteroatoms. The lowest BCUT2D eigenvalue weighted by molar-refractivity contribution is -0.248. The average molecular weight is 2000 g/mol. The predicted molar refractivity (Wildman–Crippen MR) is 522 cm³/mol. The van der Waals surface area contributed by atoms with Crippen molar-refractivity contribution in [3.8, 4) is 28.1 Å². The van der Waals surface area contributed by atoms with Crippen LogP contribution in [-0.4, -0.2) is 309 Å². The summed E-state index contributed by atoms with van der Waals surface area (Å²) in [6.07, 6.45) is 7.42. The van der Waals surface area contributed by atoms with Crippen LogP contribution in [0, 0.1) is 29.1 Å². The molecule has 5 aliphatic rings. The van der Waals surface area contributed by atoms with Crippen LogP contribution in [0.5, 0.6) is 5.75 Å². The number of hydrogen-bond donors (Lipinski definition) is 7. The number of rotatable bonds is 63.